The van der Waals surface area contributed by atoms with Gasteiger partial charge in [0, 0.05) is 40.9 Å². The minimum Gasteiger partial charge on any atom is -0.475 e. The largest absolute Gasteiger partial charge is 0.490 e. The van der Waals surface area contributed by atoms with E-state index in [0.29, 0.717) is 27.8 Å². The van der Waals surface area contributed by atoms with Crippen LogP contribution in [0.25, 0.3) is 16.6 Å². The third-order valence-electron chi connectivity index (χ3n) is 6.94. The first kappa shape index (κ1) is 34.4. The second-order valence-electron chi connectivity index (χ2n) is 10.3. The molecule has 2 heterocycles. The Morgan fingerprint density at radius 3 is 2.30 bits per heavy atom. The zero-order chi connectivity index (χ0) is 34.1. The van der Waals surface area contributed by atoms with Crippen LogP contribution in [-0.4, -0.2) is 43.4 Å². The Bertz CT molecular complexity index is 2030. The fourth-order valence-corrected chi connectivity index (χ4v) is 5.10. The molecule has 0 aliphatic heterocycles. The minimum atomic E-state index is -5.08. The van der Waals surface area contributed by atoms with Crippen molar-refractivity contribution in [3.63, 3.8) is 0 Å². The number of halogens is 5. The van der Waals surface area contributed by atoms with Gasteiger partial charge >= 0.3 is 17.8 Å². The van der Waals surface area contributed by atoms with Crippen molar-refractivity contribution < 1.29 is 32.3 Å². The number of carbonyl (C=O) groups excluding carboxylic acids is 1. The van der Waals surface area contributed by atoms with Gasteiger partial charge in [0.1, 0.15) is 17.0 Å². The van der Waals surface area contributed by atoms with Crippen LogP contribution in [0.1, 0.15) is 30.9 Å². The molecule has 17 heteroatoms. The molecular weight excluding hydrogens is 731 g/mol. The summed E-state index contributed by atoms with van der Waals surface area (Å²) >= 11 is 1.99. The number of amides is 1. The number of benzene rings is 2. The molecule has 0 atom stereocenters. The Balaban J connectivity index is 0.000000617. The molecule has 2 aromatic carbocycles. The van der Waals surface area contributed by atoms with Crippen molar-refractivity contribution >= 4 is 62.6 Å². The van der Waals surface area contributed by atoms with E-state index < -0.39 is 34.8 Å². The number of nitrogens with one attached hydrogen (secondary N) is 2. The molecule has 0 spiro atoms. The molecule has 1 amide bonds. The molecule has 1 fully saturated rings. The Kier molecular flexibility index (Phi) is 10.0. The maximum absolute atomic E-state index is 14.8. The van der Waals surface area contributed by atoms with Crippen molar-refractivity contribution in [2.45, 2.75) is 38.4 Å². The Morgan fingerprint density at radius 1 is 1.09 bits per heavy atom. The number of nitrogens with two attached hydrogens (primary N) is 1. The fraction of sp³-hybridized carbons (Fsp3) is 0.276. The molecular formula is C29H27F4IN6O6. The predicted molar refractivity (Wildman–Crippen MR) is 170 cm³/mol. The molecule has 2 aromatic heterocycles. The molecule has 1 saturated carbocycles. The summed E-state index contributed by atoms with van der Waals surface area (Å²) in [6.07, 6.45) is -3.64. The Hall–Kier alpha value is -4.52. The average Bonchev–Trinajstić information content (AvgIpc) is 3.80. The number of rotatable bonds is 7. The number of hydrogen-bond acceptors (Lipinski definition) is 7. The van der Waals surface area contributed by atoms with Crippen LogP contribution in [0.3, 0.4) is 0 Å². The highest BCUT2D eigenvalue weighted by Gasteiger charge is 2.38. The van der Waals surface area contributed by atoms with E-state index >= 15 is 0 Å². The number of aromatic nitrogens is 3. The first-order chi connectivity index (χ1) is 21.6. The van der Waals surface area contributed by atoms with E-state index in [1.54, 1.807) is 37.3 Å². The summed E-state index contributed by atoms with van der Waals surface area (Å²) in [6, 6.07) is 10.9. The molecule has 5 N–H and O–H groups in total. The van der Waals surface area contributed by atoms with Gasteiger partial charge in [-0.15, -0.1) is 0 Å². The number of carboxylic acid groups (broad SMARTS) is 1. The summed E-state index contributed by atoms with van der Waals surface area (Å²) in [5.74, 6) is -3.53. The normalized spacial score (nSPS) is 12.8. The van der Waals surface area contributed by atoms with E-state index in [1.165, 1.54) is 32.9 Å². The van der Waals surface area contributed by atoms with Gasteiger partial charge < -0.3 is 21.5 Å². The molecule has 1 aliphatic rings. The zero-order valence-corrected chi connectivity index (χ0v) is 26.4. The van der Waals surface area contributed by atoms with Crippen LogP contribution in [0, 0.1) is 16.3 Å². The van der Waals surface area contributed by atoms with E-state index in [0.717, 1.165) is 0 Å². The molecule has 0 bridgehead atoms. The number of aliphatic carboxylic acids is 1. The van der Waals surface area contributed by atoms with Gasteiger partial charge in [0.05, 0.1) is 16.9 Å². The molecule has 0 saturated heterocycles. The van der Waals surface area contributed by atoms with Gasteiger partial charge in [-0.05, 0) is 78.8 Å². The molecule has 5 rings (SSSR count). The molecule has 1 aliphatic carbocycles. The highest BCUT2D eigenvalue weighted by molar-refractivity contribution is 14.1. The van der Waals surface area contributed by atoms with Gasteiger partial charge in [0.2, 0.25) is 5.91 Å². The van der Waals surface area contributed by atoms with Crippen molar-refractivity contribution in [3.8, 4) is 5.69 Å². The summed E-state index contributed by atoms with van der Waals surface area (Å²) < 4.78 is 51.0. The summed E-state index contributed by atoms with van der Waals surface area (Å²) in [5.41, 5.74) is 5.02. The van der Waals surface area contributed by atoms with Crippen LogP contribution < -0.4 is 33.2 Å². The van der Waals surface area contributed by atoms with Gasteiger partial charge in [0.15, 0.2) is 0 Å². The van der Waals surface area contributed by atoms with Crippen molar-refractivity contribution in [2.24, 2.45) is 12.8 Å². The number of fused-ring (bicyclic) bond motifs is 1. The van der Waals surface area contributed by atoms with Crippen LogP contribution in [-0.2, 0) is 16.6 Å². The van der Waals surface area contributed by atoms with Gasteiger partial charge in [-0.2, -0.15) is 13.2 Å². The van der Waals surface area contributed by atoms with E-state index in [4.69, 9.17) is 15.6 Å². The number of alkyl halides is 3. The van der Waals surface area contributed by atoms with Crippen molar-refractivity contribution in [2.75, 3.05) is 17.2 Å². The Morgan fingerprint density at radius 2 is 1.74 bits per heavy atom. The van der Waals surface area contributed by atoms with Crippen molar-refractivity contribution in [3.05, 3.63) is 88.6 Å². The van der Waals surface area contributed by atoms with Crippen molar-refractivity contribution in [1.29, 1.82) is 0 Å². The van der Waals surface area contributed by atoms with Gasteiger partial charge in [0.25, 0.3) is 11.1 Å². The van der Waals surface area contributed by atoms with Crippen LogP contribution in [0.4, 0.5) is 34.8 Å². The lowest BCUT2D eigenvalue weighted by molar-refractivity contribution is -0.192. The quantitative estimate of drug-likeness (QED) is 0.163. The maximum atomic E-state index is 14.8. The van der Waals surface area contributed by atoms with Gasteiger partial charge in [-0.1, -0.05) is 6.07 Å². The number of pyridine rings is 1. The number of carboxylic acids is 1. The lowest BCUT2D eigenvalue weighted by Crippen LogP contribution is -2.41. The van der Waals surface area contributed by atoms with E-state index in [2.05, 4.69) is 10.6 Å². The molecule has 4 aromatic rings. The first-order valence-electron chi connectivity index (χ1n) is 13.6. The minimum absolute atomic E-state index is 0.0706. The smallest absolute Gasteiger partial charge is 0.475 e. The zero-order valence-electron chi connectivity index (χ0n) is 24.2. The second-order valence-corrected chi connectivity index (χ2v) is 11.5. The first-order valence-corrected chi connectivity index (χ1v) is 14.7. The molecule has 0 unspecified atom stereocenters. The SMILES string of the molecule is Cc1c(=O)n(C)c(Nc2ccc(I)cc2F)c2c(=O)n(C3CC3)c(=O)n(-c3cccc(NC(=O)CCN)c3)c12.O=C(O)C(F)(F)F. The maximum Gasteiger partial charge on any atom is 0.490 e. The van der Waals surface area contributed by atoms with Crippen molar-refractivity contribution in [1.82, 2.24) is 13.7 Å². The summed E-state index contributed by atoms with van der Waals surface area (Å²) in [5, 5.41) is 12.9. The van der Waals surface area contributed by atoms with E-state index in [-0.39, 0.29) is 52.9 Å². The summed E-state index contributed by atoms with van der Waals surface area (Å²) in [6.45, 7) is 1.73. The number of anilines is 3. The highest BCUT2D eigenvalue weighted by atomic mass is 127. The van der Waals surface area contributed by atoms with Crippen LogP contribution in [0.5, 0.6) is 0 Å². The average molecular weight is 758 g/mol. The number of hydrogen-bond donors (Lipinski definition) is 4. The second kappa shape index (κ2) is 13.5. The molecule has 12 nitrogen and oxygen atoms in total. The highest BCUT2D eigenvalue weighted by Crippen LogP contribution is 2.34. The Labute approximate surface area is 270 Å². The van der Waals surface area contributed by atoms with Gasteiger partial charge in [-0.3, -0.25) is 28.1 Å². The standard InChI is InChI=1S/C27H26FIN6O4.C2HF3O2/c1-14-23-22(24(33(2)25(14)37)32-20-9-6-15(29)12-19(20)28)26(38)35(17-7-8-17)27(39)34(23)18-5-3-4-16(13-18)31-21(36)10-11-30;3-2(4,5)1(6)7/h3-6,9,12-13,17,32H,7-8,10-11,30H2,1-2H3,(H,31,36);(H,6,7). The third-order valence-corrected chi connectivity index (χ3v) is 7.61. The third kappa shape index (κ3) is 7.14. The lowest BCUT2D eigenvalue weighted by atomic mass is 10.1. The fourth-order valence-electron chi connectivity index (χ4n) is 4.65. The summed E-state index contributed by atoms with van der Waals surface area (Å²) in [4.78, 5) is 62.2. The number of aryl methyl sites for hydroxylation is 1. The van der Waals surface area contributed by atoms with Crippen LogP contribution in [0.2, 0.25) is 0 Å². The van der Waals surface area contributed by atoms with Gasteiger partial charge in [-0.25, -0.2) is 14.0 Å². The number of nitrogens with zero attached hydrogens (tertiary/aromatic N) is 3. The topological polar surface area (TPSA) is 170 Å². The monoisotopic (exact) mass is 758 g/mol. The van der Waals surface area contributed by atoms with E-state index in [9.17, 15) is 36.7 Å². The van der Waals surface area contributed by atoms with Crippen LogP contribution in [0.15, 0.2) is 56.8 Å². The summed E-state index contributed by atoms with van der Waals surface area (Å²) in [7, 11) is 1.49. The van der Waals surface area contributed by atoms with Crippen LogP contribution >= 0.6 is 22.6 Å². The number of carbonyl (C=O) groups is 2. The lowest BCUT2D eigenvalue weighted by Gasteiger charge is -2.21. The predicted octanol–water partition coefficient (Wildman–Crippen LogP) is 3.90. The van der Waals surface area contributed by atoms with E-state index in [1.807, 2.05) is 22.6 Å². The molecule has 46 heavy (non-hydrogen) atoms. The molecule has 0 radical (unpaired) electrons. The molecule has 244 valence electrons.